The maximum absolute atomic E-state index is 12.3. The molecular weight excluding hydrogens is 360 g/mol. The van der Waals surface area contributed by atoms with Crippen LogP contribution in [0.25, 0.3) is 0 Å². The van der Waals surface area contributed by atoms with Crippen LogP contribution in [0.1, 0.15) is 31.2 Å². The van der Waals surface area contributed by atoms with Gasteiger partial charge in [0, 0.05) is 26.2 Å². The number of likely N-dealkylation sites (tertiary alicyclic amines) is 1. The number of carbonyl (C=O) groups excluding carboxylic acids is 1. The standard InChI is InChI=1S/C21H30N2O5/c24-19(25)21-9-4-8-18(21)14-23(16-21)20(26)22-10-5-11-27-12-13-28-15-17-6-2-1-3-7-17/h1-3,6-7,18H,4-5,8-16H2,(H,22,26)(H,24,25)/t18-,21+/m0/s1. The molecule has 1 saturated heterocycles. The number of nitrogens with one attached hydrogen (secondary N) is 1. The Hall–Kier alpha value is -2.12. The predicted octanol–water partition coefficient (Wildman–Crippen LogP) is 2.51. The summed E-state index contributed by atoms with van der Waals surface area (Å²) in [5.74, 6) is -0.664. The number of ether oxygens (including phenoxy) is 2. The Morgan fingerprint density at radius 1 is 1.18 bits per heavy atom. The highest BCUT2D eigenvalue weighted by molar-refractivity contribution is 5.80. The lowest BCUT2D eigenvalue weighted by Gasteiger charge is -2.23. The first-order valence-electron chi connectivity index (χ1n) is 10.1. The van der Waals surface area contributed by atoms with Crippen LogP contribution in [-0.4, -0.2) is 61.5 Å². The number of hydrogen-bond donors (Lipinski definition) is 2. The van der Waals surface area contributed by atoms with Crippen molar-refractivity contribution in [3.05, 3.63) is 35.9 Å². The van der Waals surface area contributed by atoms with Gasteiger partial charge in [0.2, 0.25) is 0 Å². The number of fused-ring (bicyclic) bond motifs is 1. The Bertz CT molecular complexity index is 653. The van der Waals surface area contributed by atoms with Gasteiger partial charge in [-0.05, 0) is 30.7 Å². The molecule has 28 heavy (non-hydrogen) atoms. The van der Waals surface area contributed by atoms with Gasteiger partial charge in [0.15, 0.2) is 0 Å². The number of carbonyl (C=O) groups is 2. The van der Waals surface area contributed by atoms with E-state index in [0.29, 0.717) is 58.9 Å². The SMILES string of the molecule is O=C(NCCCOCCOCc1ccccc1)N1C[C@@H]2CCC[C@@]2(C(=O)O)C1. The summed E-state index contributed by atoms with van der Waals surface area (Å²) in [7, 11) is 0. The number of amides is 2. The quantitative estimate of drug-likeness (QED) is 0.600. The average Bonchev–Trinajstić information content (AvgIpc) is 3.26. The summed E-state index contributed by atoms with van der Waals surface area (Å²) in [4.78, 5) is 25.6. The molecule has 2 amide bonds. The maximum Gasteiger partial charge on any atom is 0.317 e. The molecule has 1 aliphatic carbocycles. The molecule has 1 saturated carbocycles. The Morgan fingerprint density at radius 3 is 2.71 bits per heavy atom. The minimum absolute atomic E-state index is 0.0926. The van der Waals surface area contributed by atoms with Crippen LogP contribution in [0.3, 0.4) is 0 Å². The molecule has 1 heterocycles. The van der Waals surface area contributed by atoms with Crippen molar-refractivity contribution in [3.63, 3.8) is 0 Å². The van der Waals surface area contributed by atoms with E-state index in [9.17, 15) is 14.7 Å². The van der Waals surface area contributed by atoms with Gasteiger partial charge >= 0.3 is 12.0 Å². The molecule has 0 bridgehead atoms. The zero-order valence-corrected chi connectivity index (χ0v) is 16.3. The van der Waals surface area contributed by atoms with E-state index in [-0.39, 0.29) is 11.9 Å². The van der Waals surface area contributed by atoms with Crippen LogP contribution in [0, 0.1) is 11.3 Å². The van der Waals surface area contributed by atoms with E-state index >= 15 is 0 Å². The van der Waals surface area contributed by atoms with Crippen molar-refractivity contribution >= 4 is 12.0 Å². The number of rotatable bonds is 10. The summed E-state index contributed by atoms with van der Waals surface area (Å²) < 4.78 is 11.1. The van der Waals surface area contributed by atoms with Crippen molar-refractivity contribution in [1.82, 2.24) is 10.2 Å². The van der Waals surface area contributed by atoms with Gasteiger partial charge in [-0.3, -0.25) is 4.79 Å². The molecule has 1 aliphatic heterocycles. The van der Waals surface area contributed by atoms with Gasteiger partial charge in [0.05, 0.1) is 25.2 Å². The topological polar surface area (TPSA) is 88.1 Å². The molecule has 154 valence electrons. The molecule has 2 atom stereocenters. The third-order valence-electron chi connectivity index (χ3n) is 5.81. The minimum Gasteiger partial charge on any atom is -0.481 e. The van der Waals surface area contributed by atoms with Crippen LogP contribution in [0.2, 0.25) is 0 Å². The molecule has 0 radical (unpaired) electrons. The van der Waals surface area contributed by atoms with Crippen LogP contribution in [0.15, 0.2) is 30.3 Å². The zero-order valence-electron chi connectivity index (χ0n) is 16.3. The molecule has 7 nitrogen and oxygen atoms in total. The Kier molecular flexibility index (Phi) is 7.28. The summed E-state index contributed by atoms with van der Waals surface area (Å²) in [6, 6.07) is 9.83. The number of benzene rings is 1. The first-order valence-corrected chi connectivity index (χ1v) is 10.1. The van der Waals surface area contributed by atoms with Gasteiger partial charge in [-0.15, -0.1) is 0 Å². The van der Waals surface area contributed by atoms with Gasteiger partial charge < -0.3 is 24.8 Å². The first kappa shape index (κ1) is 20.6. The van der Waals surface area contributed by atoms with E-state index in [1.54, 1.807) is 4.90 Å². The fourth-order valence-corrected chi connectivity index (χ4v) is 4.26. The van der Waals surface area contributed by atoms with Crippen LogP contribution in [-0.2, 0) is 20.9 Å². The second-order valence-electron chi connectivity index (χ2n) is 7.67. The summed E-state index contributed by atoms with van der Waals surface area (Å²) in [6.45, 7) is 3.58. The summed E-state index contributed by atoms with van der Waals surface area (Å²) in [5.41, 5.74) is 0.418. The molecule has 0 spiro atoms. The molecule has 1 aromatic carbocycles. The van der Waals surface area contributed by atoms with E-state index in [1.807, 2.05) is 30.3 Å². The smallest absolute Gasteiger partial charge is 0.317 e. The van der Waals surface area contributed by atoms with E-state index in [1.165, 1.54) is 0 Å². The van der Waals surface area contributed by atoms with Crippen LogP contribution < -0.4 is 5.32 Å². The van der Waals surface area contributed by atoms with E-state index in [0.717, 1.165) is 18.4 Å². The molecule has 7 heteroatoms. The fourth-order valence-electron chi connectivity index (χ4n) is 4.26. The normalized spacial score (nSPS) is 23.6. The maximum atomic E-state index is 12.3. The second kappa shape index (κ2) is 9.89. The average molecular weight is 390 g/mol. The van der Waals surface area contributed by atoms with Gasteiger partial charge in [-0.2, -0.15) is 0 Å². The molecular formula is C21H30N2O5. The Balaban J connectivity index is 1.22. The van der Waals surface area contributed by atoms with Crippen LogP contribution in [0.5, 0.6) is 0 Å². The molecule has 2 fully saturated rings. The monoisotopic (exact) mass is 390 g/mol. The number of urea groups is 1. The molecule has 3 rings (SSSR count). The number of nitrogens with zero attached hydrogens (tertiary/aromatic N) is 1. The van der Waals surface area contributed by atoms with Crippen LogP contribution in [0.4, 0.5) is 4.79 Å². The summed E-state index contributed by atoms with van der Waals surface area (Å²) >= 11 is 0. The third kappa shape index (κ3) is 5.02. The van der Waals surface area contributed by atoms with Gasteiger partial charge in [0.25, 0.3) is 0 Å². The van der Waals surface area contributed by atoms with E-state index in [4.69, 9.17) is 9.47 Å². The number of aliphatic carboxylic acids is 1. The summed E-state index contributed by atoms with van der Waals surface area (Å²) in [5, 5.41) is 12.5. The van der Waals surface area contributed by atoms with E-state index < -0.39 is 11.4 Å². The molecule has 0 unspecified atom stereocenters. The molecule has 2 N–H and O–H groups in total. The van der Waals surface area contributed by atoms with Crippen molar-refractivity contribution in [2.45, 2.75) is 32.3 Å². The number of hydrogen-bond acceptors (Lipinski definition) is 4. The Labute approximate surface area is 166 Å². The summed E-state index contributed by atoms with van der Waals surface area (Å²) in [6.07, 6.45) is 3.23. The van der Waals surface area contributed by atoms with Crippen molar-refractivity contribution in [2.24, 2.45) is 11.3 Å². The number of carboxylic acid groups (broad SMARTS) is 1. The van der Waals surface area contributed by atoms with Crippen molar-refractivity contribution in [1.29, 1.82) is 0 Å². The van der Waals surface area contributed by atoms with Crippen molar-refractivity contribution in [3.8, 4) is 0 Å². The lowest BCUT2D eigenvalue weighted by atomic mass is 9.81. The Morgan fingerprint density at radius 2 is 1.96 bits per heavy atom. The first-order chi connectivity index (χ1) is 13.6. The lowest BCUT2D eigenvalue weighted by molar-refractivity contribution is -0.149. The highest BCUT2D eigenvalue weighted by Crippen LogP contribution is 2.48. The van der Waals surface area contributed by atoms with Crippen molar-refractivity contribution < 1.29 is 24.2 Å². The second-order valence-corrected chi connectivity index (χ2v) is 7.67. The predicted molar refractivity (Wildman–Crippen MR) is 104 cm³/mol. The largest absolute Gasteiger partial charge is 0.481 e. The minimum atomic E-state index is -0.756. The highest BCUT2D eigenvalue weighted by Gasteiger charge is 2.55. The van der Waals surface area contributed by atoms with Gasteiger partial charge in [-0.25, -0.2) is 4.79 Å². The fraction of sp³-hybridized carbons (Fsp3) is 0.619. The van der Waals surface area contributed by atoms with Gasteiger partial charge in [0.1, 0.15) is 0 Å². The number of carboxylic acids is 1. The van der Waals surface area contributed by atoms with Crippen molar-refractivity contribution in [2.75, 3.05) is 39.5 Å². The molecule has 0 aromatic heterocycles. The lowest BCUT2D eigenvalue weighted by Crippen LogP contribution is -2.42. The third-order valence-corrected chi connectivity index (χ3v) is 5.81. The van der Waals surface area contributed by atoms with Gasteiger partial charge in [-0.1, -0.05) is 36.8 Å². The zero-order chi connectivity index (χ0) is 19.8. The molecule has 2 aliphatic rings. The van der Waals surface area contributed by atoms with Crippen LogP contribution >= 0.6 is 0 Å². The van der Waals surface area contributed by atoms with E-state index in [2.05, 4.69) is 5.32 Å². The molecule has 1 aromatic rings. The highest BCUT2D eigenvalue weighted by atomic mass is 16.5.